The molecule has 1 atom stereocenters. The van der Waals surface area contributed by atoms with E-state index in [1.54, 1.807) is 6.07 Å². The van der Waals surface area contributed by atoms with Crippen LogP contribution in [0, 0.1) is 11.2 Å². The lowest BCUT2D eigenvalue weighted by molar-refractivity contribution is -0.132. The lowest BCUT2D eigenvalue weighted by Gasteiger charge is -2.33. The summed E-state index contributed by atoms with van der Waals surface area (Å²) in [6, 6.07) is 4.19. The van der Waals surface area contributed by atoms with Crippen molar-refractivity contribution in [2.45, 2.75) is 39.2 Å². The molecular weight excluding hydrogens is 307 g/mol. The van der Waals surface area contributed by atoms with Crippen LogP contribution in [0.15, 0.2) is 18.2 Å². The average Bonchev–Trinajstić information content (AvgIpc) is 2.50. The monoisotopic (exact) mass is 330 g/mol. The van der Waals surface area contributed by atoms with Crippen molar-refractivity contribution >= 4 is 18.3 Å². The summed E-state index contributed by atoms with van der Waals surface area (Å²) in [6.07, 6.45) is 2.01. The zero-order valence-electron chi connectivity index (χ0n) is 13.0. The standard InChI is InChI=1S/C16H23FN2O2.ClH/c1-3-16(4-2,10-18)15(20)19-13-7-8-21-14-6-5-11(17)9-12(13)14;/h5-6,9,13H,3-4,7-8,10,18H2,1-2H3,(H,19,20);1H. The zero-order chi connectivity index (χ0) is 15.5. The number of fused-ring (bicyclic) bond motifs is 1. The number of rotatable bonds is 5. The van der Waals surface area contributed by atoms with E-state index in [1.165, 1.54) is 12.1 Å². The van der Waals surface area contributed by atoms with Gasteiger partial charge in [-0.15, -0.1) is 12.4 Å². The van der Waals surface area contributed by atoms with Gasteiger partial charge in [0, 0.05) is 18.5 Å². The minimum absolute atomic E-state index is 0. The smallest absolute Gasteiger partial charge is 0.227 e. The quantitative estimate of drug-likeness (QED) is 0.872. The number of benzene rings is 1. The summed E-state index contributed by atoms with van der Waals surface area (Å²) in [5.74, 6) is 0.256. The Hall–Kier alpha value is -1.33. The van der Waals surface area contributed by atoms with E-state index in [1.807, 2.05) is 13.8 Å². The summed E-state index contributed by atoms with van der Waals surface area (Å²) in [4.78, 5) is 12.6. The first-order valence-electron chi connectivity index (χ1n) is 7.49. The number of halogens is 2. The van der Waals surface area contributed by atoms with Gasteiger partial charge in [-0.1, -0.05) is 13.8 Å². The average molecular weight is 331 g/mol. The normalized spacial score (nSPS) is 17.0. The molecule has 124 valence electrons. The molecule has 1 aliphatic heterocycles. The van der Waals surface area contributed by atoms with Crippen molar-refractivity contribution in [1.82, 2.24) is 5.32 Å². The van der Waals surface area contributed by atoms with Crippen molar-refractivity contribution in [2.75, 3.05) is 13.2 Å². The van der Waals surface area contributed by atoms with Gasteiger partial charge in [-0.2, -0.15) is 0 Å². The largest absolute Gasteiger partial charge is 0.493 e. The summed E-state index contributed by atoms with van der Waals surface area (Å²) in [6.45, 7) is 4.75. The predicted molar refractivity (Wildman–Crippen MR) is 86.7 cm³/mol. The van der Waals surface area contributed by atoms with Gasteiger partial charge in [0.2, 0.25) is 5.91 Å². The lowest BCUT2D eigenvalue weighted by Crippen LogP contribution is -2.47. The number of nitrogens with one attached hydrogen (secondary N) is 1. The van der Waals surface area contributed by atoms with Crippen LogP contribution in [-0.2, 0) is 4.79 Å². The lowest BCUT2D eigenvalue weighted by atomic mass is 9.81. The summed E-state index contributed by atoms with van der Waals surface area (Å²) in [7, 11) is 0. The topological polar surface area (TPSA) is 64.4 Å². The fraction of sp³-hybridized carbons (Fsp3) is 0.562. The van der Waals surface area contributed by atoms with E-state index >= 15 is 0 Å². The Balaban J connectivity index is 0.00000242. The maximum Gasteiger partial charge on any atom is 0.227 e. The van der Waals surface area contributed by atoms with Crippen molar-refractivity contribution in [3.05, 3.63) is 29.6 Å². The number of hydrogen-bond acceptors (Lipinski definition) is 3. The minimum atomic E-state index is -0.550. The number of ether oxygens (including phenoxy) is 1. The van der Waals surface area contributed by atoms with Gasteiger partial charge in [0.1, 0.15) is 11.6 Å². The molecule has 0 aromatic heterocycles. The van der Waals surface area contributed by atoms with Crippen LogP contribution in [0.3, 0.4) is 0 Å². The maximum absolute atomic E-state index is 13.4. The molecule has 0 saturated carbocycles. The number of amides is 1. The fourth-order valence-electron chi connectivity index (χ4n) is 2.78. The SMILES string of the molecule is CCC(CC)(CN)C(=O)NC1CCOc2ccc(F)cc21.Cl. The van der Waals surface area contributed by atoms with Crippen LogP contribution in [-0.4, -0.2) is 19.1 Å². The summed E-state index contributed by atoms with van der Waals surface area (Å²) in [5.41, 5.74) is 5.96. The van der Waals surface area contributed by atoms with Crippen molar-refractivity contribution < 1.29 is 13.9 Å². The molecule has 0 aliphatic carbocycles. The van der Waals surface area contributed by atoms with Crippen LogP contribution >= 0.6 is 12.4 Å². The predicted octanol–water partition coefficient (Wildman–Crippen LogP) is 2.95. The van der Waals surface area contributed by atoms with Crippen LogP contribution in [0.5, 0.6) is 5.75 Å². The van der Waals surface area contributed by atoms with Crippen molar-refractivity contribution in [3.8, 4) is 5.75 Å². The van der Waals surface area contributed by atoms with E-state index in [-0.39, 0.29) is 30.2 Å². The van der Waals surface area contributed by atoms with Gasteiger partial charge in [0.25, 0.3) is 0 Å². The van der Waals surface area contributed by atoms with Gasteiger partial charge in [-0.3, -0.25) is 4.79 Å². The Morgan fingerprint density at radius 2 is 2.14 bits per heavy atom. The molecule has 1 heterocycles. The first kappa shape index (κ1) is 18.7. The van der Waals surface area contributed by atoms with E-state index in [0.717, 1.165) is 0 Å². The maximum atomic E-state index is 13.4. The van der Waals surface area contributed by atoms with E-state index in [0.29, 0.717) is 43.7 Å². The number of carbonyl (C=O) groups is 1. The van der Waals surface area contributed by atoms with Crippen molar-refractivity contribution in [1.29, 1.82) is 0 Å². The second-order valence-corrected chi connectivity index (χ2v) is 5.54. The Bertz CT molecular complexity index is 513. The Labute approximate surface area is 137 Å². The summed E-state index contributed by atoms with van der Waals surface area (Å²) < 4.78 is 19.0. The molecule has 1 unspecified atom stereocenters. The highest BCUT2D eigenvalue weighted by Gasteiger charge is 2.35. The number of hydrogen-bond donors (Lipinski definition) is 2. The molecule has 3 N–H and O–H groups in total. The van der Waals surface area contributed by atoms with Gasteiger partial charge >= 0.3 is 0 Å². The van der Waals surface area contributed by atoms with Crippen LogP contribution in [0.1, 0.15) is 44.7 Å². The zero-order valence-corrected chi connectivity index (χ0v) is 13.8. The Morgan fingerprint density at radius 3 is 2.73 bits per heavy atom. The number of nitrogens with two attached hydrogens (primary N) is 1. The molecule has 4 nitrogen and oxygen atoms in total. The first-order chi connectivity index (χ1) is 10.1. The Kier molecular flexibility index (Phi) is 6.63. The third-order valence-electron chi connectivity index (χ3n) is 4.54. The molecule has 1 aliphatic rings. The van der Waals surface area contributed by atoms with E-state index in [9.17, 15) is 9.18 Å². The van der Waals surface area contributed by atoms with E-state index < -0.39 is 5.41 Å². The van der Waals surface area contributed by atoms with E-state index in [2.05, 4.69) is 5.32 Å². The first-order valence-corrected chi connectivity index (χ1v) is 7.49. The Morgan fingerprint density at radius 1 is 1.45 bits per heavy atom. The van der Waals surface area contributed by atoms with Crippen LogP contribution in [0.4, 0.5) is 4.39 Å². The molecule has 1 aromatic carbocycles. The molecule has 0 saturated heterocycles. The van der Waals surface area contributed by atoms with Crippen LogP contribution in [0.2, 0.25) is 0 Å². The molecular formula is C16H24ClFN2O2. The molecule has 22 heavy (non-hydrogen) atoms. The molecule has 6 heteroatoms. The second kappa shape index (κ2) is 7.79. The highest BCUT2D eigenvalue weighted by atomic mass is 35.5. The van der Waals surface area contributed by atoms with Gasteiger partial charge < -0.3 is 15.8 Å². The molecule has 0 bridgehead atoms. The van der Waals surface area contributed by atoms with Gasteiger partial charge in [-0.25, -0.2) is 4.39 Å². The minimum Gasteiger partial charge on any atom is -0.493 e. The van der Waals surface area contributed by atoms with Gasteiger partial charge in [-0.05, 0) is 31.0 Å². The van der Waals surface area contributed by atoms with Crippen LogP contribution in [0.25, 0.3) is 0 Å². The van der Waals surface area contributed by atoms with Crippen LogP contribution < -0.4 is 15.8 Å². The van der Waals surface area contributed by atoms with Crippen molar-refractivity contribution in [3.63, 3.8) is 0 Å². The summed E-state index contributed by atoms with van der Waals surface area (Å²) >= 11 is 0. The van der Waals surface area contributed by atoms with Crippen molar-refractivity contribution in [2.24, 2.45) is 11.1 Å². The number of carbonyl (C=O) groups excluding carboxylic acids is 1. The van der Waals surface area contributed by atoms with E-state index in [4.69, 9.17) is 10.5 Å². The highest BCUT2D eigenvalue weighted by molar-refractivity contribution is 5.85. The molecule has 2 rings (SSSR count). The highest BCUT2D eigenvalue weighted by Crippen LogP contribution is 2.34. The fourth-order valence-corrected chi connectivity index (χ4v) is 2.78. The van der Waals surface area contributed by atoms with Gasteiger partial charge in [0.05, 0.1) is 18.1 Å². The van der Waals surface area contributed by atoms with Gasteiger partial charge in [0.15, 0.2) is 0 Å². The third kappa shape index (κ3) is 3.52. The molecule has 1 amide bonds. The molecule has 0 spiro atoms. The molecule has 1 aromatic rings. The molecule has 0 fully saturated rings. The second-order valence-electron chi connectivity index (χ2n) is 5.54. The summed E-state index contributed by atoms with van der Waals surface area (Å²) in [5, 5.41) is 3.03. The third-order valence-corrected chi connectivity index (χ3v) is 4.54. The molecule has 0 radical (unpaired) electrons.